The van der Waals surface area contributed by atoms with E-state index >= 15 is 0 Å². The summed E-state index contributed by atoms with van der Waals surface area (Å²) in [4.78, 5) is 10.6. The summed E-state index contributed by atoms with van der Waals surface area (Å²) >= 11 is 1.86. The standard InChI is InChI=1S/C14H21NO2S/c1-11(7-8-18-2)15-10-13-5-3-12(4-6-13)9-14(16)17/h3-6,11,15H,7-10H2,1-2H3,(H,16,17). The van der Waals surface area contributed by atoms with Crippen molar-refractivity contribution >= 4 is 17.7 Å². The van der Waals surface area contributed by atoms with Gasteiger partial charge in [0, 0.05) is 12.6 Å². The number of aliphatic carboxylic acids is 1. The molecule has 0 aliphatic carbocycles. The number of carbonyl (C=O) groups is 1. The van der Waals surface area contributed by atoms with Crippen LogP contribution in [0.5, 0.6) is 0 Å². The summed E-state index contributed by atoms with van der Waals surface area (Å²) in [7, 11) is 0. The molecule has 4 heteroatoms. The Bertz CT molecular complexity index is 365. The van der Waals surface area contributed by atoms with Crippen molar-refractivity contribution < 1.29 is 9.90 Å². The van der Waals surface area contributed by atoms with Gasteiger partial charge in [0.25, 0.3) is 0 Å². The maximum atomic E-state index is 10.6. The largest absolute Gasteiger partial charge is 0.481 e. The number of carboxylic acids is 1. The van der Waals surface area contributed by atoms with E-state index in [1.165, 1.54) is 11.3 Å². The minimum Gasteiger partial charge on any atom is -0.481 e. The normalized spacial score (nSPS) is 12.3. The molecule has 0 aromatic heterocycles. The molecule has 0 aliphatic rings. The number of thioether (sulfide) groups is 1. The molecule has 0 heterocycles. The molecule has 2 N–H and O–H groups in total. The predicted octanol–water partition coefficient (Wildman–Crippen LogP) is 2.54. The average molecular weight is 267 g/mol. The molecular formula is C14H21NO2S. The summed E-state index contributed by atoms with van der Waals surface area (Å²) in [5, 5.41) is 12.1. The smallest absolute Gasteiger partial charge is 0.307 e. The second kappa shape index (κ2) is 8.16. The predicted molar refractivity (Wildman–Crippen MR) is 77.1 cm³/mol. The van der Waals surface area contributed by atoms with E-state index in [0.29, 0.717) is 6.04 Å². The fourth-order valence-electron chi connectivity index (χ4n) is 1.64. The van der Waals surface area contributed by atoms with Crippen molar-refractivity contribution in [3.63, 3.8) is 0 Å². The zero-order chi connectivity index (χ0) is 13.4. The van der Waals surface area contributed by atoms with E-state index in [0.717, 1.165) is 18.5 Å². The molecule has 0 saturated heterocycles. The molecule has 1 atom stereocenters. The van der Waals surface area contributed by atoms with Gasteiger partial charge in [0.1, 0.15) is 0 Å². The van der Waals surface area contributed by atoms with E-state index in [2.05, 4.69) is 18.5 Å². The average Bonchev–Trinajstić information content (AvgIpc) is 2.35. The summed E-state index contributed by atoms with van der Waals surface area (Å²) in [5.74, 6) is 0.387. The molecule has 0 saturated carbocycles. The maximum absolute atomic E-state index is 10.6. The topological polar surface area (TPSA) is 49.3 Å². The minimum absolute atomic E-state index is 0.0951. The highest BCUT2D eigenvalue weighted by atomic mass is 32.2. The Morgan fingerprint density at radius 3 is 2.50 bits per heavy atom. The van der Waals surface area contributed by atoms with Crippen LogP contribution < -0.4 is 5.32 Å². The molecule has 0 amide bonds. The van der Waals surface area contributed by atoms with Crippen molar-refractivity contribution in [1.29, 1.82) is 0 Å². The third kappa shape index (κ3) is 6.07. The molecule has 0 bridgehead atoms. The molecule has 0 radical (unpaired) electrons. The second-order valence-corrected chi connectivity index (χ2v) is 5.44. The van der Waals surface area contributed by atoms with Crippen LogP contribution in [0.4, 0.5) is 0 Å². The molecule has 100 valence electrons. The van der Waals surface area contributed by atoms with Crippen molar-refractivity contribution in [3.05, 3.63) is 35.4 Å². The van der Waals surface area contributed by atoms with Gasteiger partial charge in [-0.05, 0) is 36.5 Å². The SMILES string of the molecule is CSCCC(C)NCc1ccc(CC(=O)O)cc1. The second-order valence-electron chi connectivity index (χ2n) is 4.45. The molecule has 0 fully saturated rings. The Balaban J connectivity index is 2.36. The van der Waals surface area contributed by atoms with Crippen LogP contribution in [0.3, 0.4) is 0 Å². The lowest BCUT2D eigenvalue weighted by Crippen LogP contribution is -2.25. The van der Waals surface area contributed by atoms with E-state index in [1.807, 2.05) is 36.0 Å². The van der Waals surface area contributed by atoms with Crippen LogP contribution in [-0.2, 0) is 17.8 Å². The number of nitrogens with one attached hydrogen (secondary N) is 1. The lowest BCUT2D eigenvalue weighted by Gasteiger charge is -2.13. The van der Waals surface area contributed by atoms with E-state index in [1.54, 1.807) is 0 Å². The third-order valence-electron chi connectivity index (χ3n) is 2.79. The van der Waals surface area contributed by atoms with Crippen LogP contribution in [0.2, 0.25) is 0 Å². The number of carboxylic acid groups (broad SMARTS) is 1. The summed E-state index contributed by atoms with van der Waals surface area (Å²) in [6.45, 7) is 3.03. The summed E-state index contributed by atoms with van der Waals surface area (Å²) in [6.07, 6.45) is 3.38. The van der Waals surface area contributed by atoms with Crippen molar-refractivity contribution in [2.45, 2.75) is 32.4 Å². The first-order chi connectivity index (χ1) is 8.61. The lowest BCUT2D eigenvalue weighted by molar-refractivity contribution is -0.136. The minimum atomic E-state index is -0.786. The molecule has 18 heavy (non-hydrogen) atoms. The first-order valence-corrected chi connectivity index (χ1v) is 7.53. The Morgan fingerprint density at radius 1 is 1.33 bits per heavy atom. The molecular weight excluding hydrogens is 246 g/mol. The molecule has 1 aromatic carbocycles. The molecule has 0 aliphatic heterocycles. The monoisotopic (exact) mass is 267 g/mol. The van der Waals surface area contributed by atoms with Crippen molar-refractivity contribution in [1.82, 2.24) is 5.32 Å². The van der Waals surface area contributed by atoms with E-state index in [-0.39, 0.29) is 6.42 Å². The van der Waals surface area contributed by atoms with Gasteiger partial charge in [-0.3, -0.25) is 4.79 Å². The van der Waals surface area contributed by atoms with Gasteiger partial charge < -0.3 is 10.4 Å². The van der Waals surface area contributed by atoms with Crippen LogP contribution in [0.15, 0.2) is 24.3 Å². The summed E-state index contributed by atoms with van der Waals surface area (Å²) in [6, 6.07) is 8.27. The first kappa shape index (κ1) is 15.1. The van der Waals surface area contributed by atoms with Crippen LogP contribution in [-0.4, -0.2) is 29.1 Å². The van der Waals surface area contributed by atoms with Gasteiger partial charge >= 0.3 is 5.97 Å². The zero-order valence-electron chi connectivity index (χ0n) is 11.0. The molecule has 1 rings (SSSR count). The Kier molecular flexibility index (Phi) is 6.83. The number of benzene rings is 1. The van der Waals surface area contributed by atoms with Crippen molar-refractivity contribution in [2.24, 2.45) is 0 Å². The van der Waals surface area contributed by atoms with Crippen LogP contribution in [0.25, 0.3) is 0 Å². The number of hydrogen-bond donors (Lipinski definition) is 2. The lowest BCUT2D eigenvalue weighted by atomic mass is 10.1. The maximum Gasteiger partial charge on any atom is 0.307 e. The van der Waals surface area contributed by atoms with Gasteiger partial charge in [-0.1, -0.05) is 24.3 Å². The van der Waals surface area contributed by atoms with Gasteiger partial charge in [0.15, 0.2) is 0 Å². The highest BCUT2D eigenvalue weighted by Crippen LogP contribution is 2.06. The highest BCUT2D eigenvalue weighted by Gasteiger charge is 2.02. The fourth-order valence-corrected chi connectivity index (χ4v) is 2.23. The van der Waals surface area contributed by atoms with Crippen molar-refractivity contribution in [3.8, 4) is 0 Å². The zero-order valence-corrected chi connectivity index (χ0v) is 11.8. The Labute approximate surface area is 113 Å². The quantitative estimate of drug-likeness (QED) is 0.760. The third-order valence-corrected chi connectivity index (χ3v) is 3.43. The highest BCUT2D eigenvalue weighted by molar-refractivity contribution is 7.98. The fraction of sp³-hybridized carbons (Fsp3) is 0.500. The molecule has 3 nitrogen and oxygen atoms in total. The van der Waals surface area contributed by atoms with Gasteiger partial charge in [0.05, 0.1) is 6.42 Å². The first-order valence-electron chi connectivity index (χ1n) is 6.13. The summed E-state index contributed by atoms with van der Waals surface area (Å²) in [5.41, 5.74) is 2.04. The Hall–Kier alpha value is -1.00. The van der Waals surface area contributed by atoms with Crippen LogP contribution in [0, 0.1) is 0 Å². The van der Waals surface area contributed by atoms with Crippen LogP contribution >= 0.6 is 11.8 Å². The van der Waals surface area contributed by atoms with Gasteiger partial charge in [-0.25, -0.2) is 0 Å². The Morgan fingerprint density at radius 2 is 1.94 bits per heavy atom. The number of rotatable bonds is 8. The van der Waals surface area contributed by atoms with Gasteiger partial charge in [-0.15, -0.1) is 0 Å². The molecule has 0 spiro atoms. The van der Waals surface area contributed by atoms with Crippen molar-refractivity contribution in [2.75, 3.05) is 12.0 Å². The van der Waals surface area contributed by atoms with E-state index in [9.17, 15) is 4.79 Å². The van der Waals surface area contributed by atoms with E-state index in [4.69, 9.17) is 5.11 Å². The molecule has 1 aromatic rings. The summed E-state index contributed by atoms with van der Waals surface area (Å²) < 4.78 is 0. The molecule has 1 unspecified atom stereocenters. The number of hydrogen-bond acceptors (Lipinski definition) is 3. The van der Waals surface area contributed by atoms with Gasteiger partial charge in [0.2, 0.25) is 0 Å². The van der Waals surface area contributed by atoms with Gasteiger partial charge in [-0.2, -0.15) is 11.8 Å². The van der Waals surface area contributed by atoms with Crippen LogP contribution in [0.1, 0.15) is 24.5 Å². The van der Waals surface area contributed by atoms with E-state index < -0.39 is 5.97 Å².